The van der Waals surface area contributed by atoms with Gasteiger partial charge in [0.1, 0.15) is 11.5 Å². The summed E-state index contributed by atoms with van der Waals surface area (Å²) in [7, 11) is 0. The number of carbonyl (C=O) groups excluding carboxylic acids is 1. The molecule has 26 heavy (non-hydrogen) atoms. The fraction of sp³-hybridized carbons (Fsp3) is 0.300. The third-order valence-electron chi connectivity index (χ3n) is 4.88. The summed E-state index contributed by atoms with van der Waals surface area (Å²) in [6, 6.07) is 10.2. The van der Waals surface area contributed by atoms with E-state index < -0.39 is 0 Å². The van der Waals surface area contributed by atoms with Gasteiger partial charge in [-0.05, 0) is 19.3 Å². The molecule has 0 radical (unpaired) electrons. The number of hydrogen-bond acceptors (Lipinski definition) is 4. The zero-order chi connectivity index (χ0) is 17.9. The fourth-order valence-electron chi connectivity index (χ4n) is 3.50. The topological polar surface area (TPSA) is 63.9 Å². The molecule has 1 atom stereocenters. The highest BCUT2D eigenvalue weighted by atomic mass is 16.2. The number of nitrogens with zero attached hydrogens (tertiary/aromatic N) is 5. The maximum absolute atomic E-state index is 12.6. The van der Waals surface area contributed by atoms with Crippen molar-refractivity contribution >= 4 is 5.91 Å². The molecule has 1 amide bonds. The van der Waals surface area contributed by atoms with Crippen LogP contribution in [0, 0.1) is 12.8 Å². The van der Waals surface area contributed by atoms with Gasteiger partial charge in [0, 0.05) is 49.5 Å². The zero-order valence-electron chi connectivity index (χ0n) is 14.7. The molecule has 4 rings (SSSR count). The quantitative estimate of drug-likeness (QED) is 0.728. The van der Waals surface area contributed by atoms with Crippen molar-refractivity contribution in [3.05, 3.63) is 66.5 Å². The van der Waals surface area contributed by atoms with E-state index in [9.17, 15) is 4.79 Å². The van der Waals surface area contributed by atoms with Crippen LogP contribution in [0.1, 0.15) is 22.6 Å². The molecule has 2 aromatic heterocycles. The summed E-state index contributed by atoms with van der Waals surface area (Å²) in [5.74, 6) is 1.36. The predicted octanol–water partition coefficient (Wildman–Crippen LogP) is 2.81. The van der Waals surface area contributed by atoms with Gasteiger partial charge in [-0.1, -0.05) is 30.3 Å². The molecule has 1 saturated heterocycles. The largest absolute Gasteiger partial charge is 0.337 e. The van der Waals surface area contributed by atoms with E-state index in [4.69, 9.17) is 0 Å². The summed E-state index contributed by atoms with van der Waals surface area (Å²) in [6.45, 7) is 4.44. The maximum Gasteiger partial charge on any atom is 0.274 e. The lowest BCUT2D eigenvalue weighted by molar-refractivity contribution is 0.0779. The molecule has 0 aliphatic carbocycles. The molecule has 1 aliphatic heterocycles. The van der Waals surface area contributed by atoms with E-state index in [1.54, 1.807) is 12.4 Å². The Hall–Kier alpha value is -3.02. The minimum atomic E-state index is -0.0359. The predicted molar refractivity (Wildman–Crippen MR) is 98.4 cm³/mol. The highest BCUT2D eigenvalue weighted by Gasteiger charge is 2.28. The maximum atomic E-state index is 12.6. The summed E-state index contributed by atoms with van der Waals surface area (Å²) < 4.78 is 2.26. The van der Waals surface area contributed by atoms with Crippen LogP contribution in [0.2, 0.25) is 0 Å². The molecule has 0 saturated carbocycles. The first kappa shape index (κ1) is 16.4. The van der Waals surface area contributed by atoms with Crippen LogP contribution in [0.3, 0.4) is 0 Å². The Kier molecular flexibility index (Phi) is 4.48. The summed E-state index contributed by atoms with van der Waals surface area (Å²) in [6.07, 6.45) is 7.57. The SMILES string of the molecule is Cc1cnc(-c2ccccc2)n1CC1CCN(C(=O)c2cnccn2)C1. The lowest BCUT2D eigenvalue weighted by atomic mass is 10.1. The van der Waals surface area contributed by atoms with Gasteiger partial charge in [0.2, 0.25) is 0 Å². The normalized spacial score (nSPS) is 16.8. The lowest BCUT2D eigenvalue weighted by Crippen LogP contribution is -2.30. The van der Waals surface area contributed by atoms with Crippen LogP contribution in [0.15, 0.2) is 55.1 Å². The third-order valence-corrected chi connectivity index (χ3v) is 4.88. The first-order chi connectivity index (χ1) is 12.7. The smallest absolute Gasteiger partial charge is 0.274 e. The molecule has 132 valence electrons. The molecule has 6 heteroatoms. The summed E-state index contributed by atoms with van der Waals surface area (Å²) in [4.78, 5) is 27.1. The van der Waals surface area contributed by atoms with Crippen molar-refractivity contribution in [1.29, 1.82) is 0 Å². The second-order valence-electron chi connectivity index (χ2n) is 6.70. The summed E-state index contributed by atoms with van der Waals surface area (Å²) in [5, 5.41) is 0. The van der Waals surface area contributed by atoms with Crippen molar-refractivity contribution < 1.29 is 4.79 Å². The van der Waals surface area contributed by atoms with Crippen molar-refractivity contribution in [2.45, 2.75) is 19.9 Å². The molecular weight excluding hydrogens is 326 g/mol. The van der Waals surface area contributed by atoms with E-state index in [2.05, 4.69) is 38.6 Å². The minimum absolute atomic E-state index is 0.0359. The monoisotopic (exact) mass is 347 g/mol. The molecule has 0 N–H and O–H groups in total. The Balaban J connectivity index is 1.48. The standard InChI is InChI=1S/C20H21N5O/c1-15-11-23-19(17-5-3-2-4-6-17)25(15)14-16-7-10-24(13-16)20(26)18-12-21-8-9-22-18/h2-6,8-9,11-12,16H,7,10,13-14H2,1H3. The van der Waals surface area contributed by atoms with Gasteiger partial charge in [-0.2, -0.15) is 0 Å². The van der Waals surface area contributed by atoms with Crippen molar-refractivity contribution in [2.24, 2.45) is 5.92 Å². The number of aryl methyl sites for hydroxylation is 1. The fourth-order valence-corrected chi connectivity index (χ4v) is 3.50. The molecule has 3 aromatic rings. The van der Waals surface area contributed by atoms with Crippen LogP contribution in [0.25, 0.3) is 11.4 Å². The van der Waals surface area contributed by atoms with Crippen molar-refractivity contribution in [1.82, 2.24) is 24.4 Å². The van der Waals surface area contributed by atoms with E-state index >= 15 is 0 Å². The number of hydrogen-bond donors (Lipinski definition) is 0. The van der Waals surface area contributed by atoms with E-state index in [1.165, 1.54) is 6.20 Å². The van der Waals surface area contributed by atoms with Crippen LogP contribution in [0.4, 0.5) is 0 Å². The van der Waals surface area contributed by atoms with Crippen molar-refractivity contribution in [3.8, 4) is 11.4 Å². The lowest BCUT2D eigenvalue weighted by Gasteiger charge is -2.17. The van der Waals surface area contributed by atoms with Gasteiger partial charge in [-0.15, -0.1) is 0 Å². The van der Waals surface area contributed by atoms with Gasteiger partial charge < -0.3 is 9.47 Å². The van der Waals surface area contributed by atoms with E-state index in [1.807, 2.05) is 29.3 Å². The van der Waals surface area contributed by atoms with E-state index in [-0.39, 0.29) is 5.91 Å². The molecule has 6 nitrogen and oxygen atoms in total. The zero-order valence-corrected chi connectivity index (χ0v) is 14.7. The number of rotatable bonds is 4. The van der Waals surface area contributed by atoms with Gasteiger partial charge in [0.05, 0.1) is 6.20 Å². The van der Waals surface area contributed by atoms with E-state index in [0.717, 1.165) is 43.1 Å². The van der Waals surface area contributed by atoms with Gasteiger partial charge in [0.15, 0.2) is 0 Å². The highest BCUT2D eigenvalue weighted by molar-refractivity contribution is 5.92. The van der Waals surface area contributed by atoms with Gasteiger partial charge in [0.25, 0.3) is 5.91 Å². The Morgan fingerprint density at radius 1 is 1.15 bits per heavy atom. The first-order valence-corrected chi connectivity index (χ1v) is 8.85. The average molecular weight is 347 g/mol. The number of imidazole rings is 1. The number of benzene rings is 1. The number of carbonyl (C=O) groups is 1. The molecule has 1 fully saturated rings. The minimum Gasteiger partial charge on any atom is -0.337 e. The number of likely N-dealkylation sites (tertiary alicyclic amines) is 1. The molecule has 0 bridgehead atoms. The van der Waals surface area contributed by atoms with Crippen LogP contribution < -0.4 is 0 Å². The van der Waals surface area contributed by atoms with Gasteiger partial charge >= 0.3 is 0 Å². The van der Waals surface area contributed by atoms with Crippen LogP contribution in [-0.2, 0) is 6.54 Å². The second kappa shape index (κ2) is 7.07. The molecule has 1 aromatic carbocycles. The van der Waals surface area contributed by atoms with Gasteiger partial charge in [-0.3, -0.25) is 9.78 Å². The molecular formula is C20H21N5O. The summed E-state index contributed by atoms with van der Waals surface area (Å²) in [5.41, 5.74) is 2.67. The van der Waals surface area contributed by atoms with Crippen LogP contribution >= 0.6 is 0 Å². The Morgan fingerprint density at radius 3 is 2.77 bits per heavy atom. The number of amides is 1. The Morgan fingerprint density at radius 2 is 2.00 bits per heavy atom. The summed E-state index contributed by atoms with van der Waals surface area (Å²) >= 11 is 0. The Bertz CT molecular complexity index is 891. The first-order valence-electron chi connectivity index (χ1n) is 8.85. The van der Waals surface area contributed by atoms with Crippen molar-refractivity contribution in [2.75, 3.05) is 13.1 Å². The van der Waals surface area contributed by atoms with E-state index in [0.29, 0.717) is 11.6 Å². The van der Waals surface area contributed by atoms with Crippen LogP contribution in [-0.4, -0.2) is 43.4 Å². The highest BCUT2D eigenvalue weighted by Crippen LogP contribution is 2.25. The Labute approximate surface area is 152 Å². The van der Waals surface area contributed by atoms with Crippen LogP contribution in [0.5, 0.6) is 0 Å². The molecule has 0 spiro atoms. The van der Waals surface area contributed by atoms with Gasteiger partial charge in [-0.25, -0.2) is 9.97 Å². The molecule has 1 aliphatic rings. The molecule has 3 heterocycles. The molecule has 1 unspecified atom stereocenters. The number of aromatic nitrogens is 4. The average Bonchev–Trinajstić information content (AvgIpc) is 3.30. The second-order valence-corrected chi connectivity index (χ2v) is 6.70. The third kappa shape index (κ3) is 3.22. The van der Waals surface area contributed by atoms with Crippen molar-refractivity contribution in [3.63, 3.8) is 0 Å².